The molecule has 0 spiro atoms. The summed E-state index contributed by atoms with van der Waals surface area (Å²) in [5.41, 5.74) is 7.81. The first-order valence-corrected chi connectivity index (χ1v) is 9.39. The summed E-state index contributed by atoms with van der Waals surface area (Å²) in [7, 11) is 1.65. The van der Waals surface area contributed by atoms with Crippen molar-refractivity contribution in [2.75, 3.05) is 19.4 Å². The number of rotatable bonds is 9. The standard InChI is InChI=1S/C18H24N2O3.C4H4O4/c1-12(9-13-3-6-15(23-2)7-4-13)20-11-18(22)14-5-8-17(21)16(19)10-14;5-3(6)1-2-4(7)8/h3-8,10,12,18,20-22H,9,11,19H2,1-2H3;1-2H,(H,5,6)(H,7,8)/b;2-1+/t12-,18+;/m1./s1. The lowest BCUT2D eigenvalue weighted by molar-refractivity contribution is -0.134. The van der Waals surface area contributed by atoms with E-state index in [1.165, 1.54) is 11.6 Å². The predicted octanol–water partition coefficient (Wildman–Crippen LogP) is 1.95. The third-order valence-electron chi connectivity index (χ3n) is 4.17. The lowest BCUT2D eigenvalue weighted by Gasteiger charge is -2.18. The quantitative estimate of drug-likeness (QED) is 0.197. The maximum absolute atomic E-state index is 10.2. The average Bonchev–Trinajstić information content (AvgIpc) is 2.73. The number of aliphatic hydroxyl groups is 1. The molecule has 168 valence electrons. The SMILES string of the molecule is COc1ccc(C[C@@H](C)NC[C@H](O)c2ccc(O)c(N)c2)cc1.O=C(O)/C=C/C(=O)O. The highest BCUT2D eigenvalue weighted by molar-refractivity contribution is 5.89. The van der Waals surface area contributed by atoms with Gasteiger partial charge in [0, 0.05) is 24.7 Å². The summed E-state index contributed by atoms with van der Waals surface area (Å²) in [4.78, 5) is 19.1. The van der Waals surface area contributed by atoms with Crippen molar-refractivity contribution in [2.45, 2.75) is 25.5 Å². The normalized spacial score (nSPS) is 12.5. The molecule has 9 heteroatoms. The molecular weight excluding hydrogens is 404 g/mol. The Balaban J connectivity index is 0.000000512. The fraction of sp³-hybridized carbons (Fsp3) is 0.273. The van der Waals surface area contributed by atoms with Gasteiger partial charge in [0.15, 0.2) is 0 Å². The van der Waals surface area contributed by atoms with Gasteiger partial charge in [0.25, 0.3) is 0 Å². The van der Waals surface area contributed by atoms with Gasteiger partial charge in [-0.05, 0) is 48.7 Å². The van der Waals surface area contributed by atoms with E-state index < -0.39 is 18.0 Å². The molecule has 0 bridgehead atoms. The van der Waals surface area contributed by atoms with E-state index in [4.69, 9.17) is 20.7 Å². The summed E-state index contributed by atoms with van der Waals surface area (Å²) < 4.78 is 5.14. The predicted molar refractivity (Wildman–Crippen MR) is 116 cm³/mol. The van der Waals surface area contributed by atoms with Crippen LogP contribution in [-0.4, -0.2) is 52.1 Å². The van der Waals surface area contributed by atoms with Crippen molar-refractivity contribution in [1.82, 2.24) is 5.32 Å². The zero-order chi connectivity index (χ0) is 23.4. The highest BCUT2D eigenvalue weighted by atomic mass is 16.5. The number of hydrogen-bond donors (Lipinski definition) is 6. The lowest BCUT2D eigenvalue weighted by atomic mass is 10.1. The molecule has 0 saturated carbocycles. The maximum Gasteiger partial charge on any atom is 0.328 e. The second-order valence-corrected chi connectivity index (χ2v) is 6.71. The zero-order valence-corrected chi connectivity index (χ0v) is 17.4. The first-order valence-electron chi connectivity index (χ1n) is 9.39. The Hall–Kier alpha value is -3.56. The lowest BCUT2D eigenvalue weighted by Crippen LogP contribution is -2.32. The highest BCUT2D eigenvalue weighted by Crippen LogP contribution is 2.24. The Kier molecular flexibility index (Phi) is 10.6. The van der Waals surface area contributed by atoms with E-state index in [-0.39, 0.29) is 17.5 Å². The van der Waals surface area contributed by atoms with Gasteiger partial charge >= 0.3 is 11.9 Å². The monoisotopic (exact) mass is 432 g/mol. The number of ether oxygens (including phenoxy) is 1. The van der Waals surface area contributed by atoms with E-state index >= 15 is 0 Å². The van der Waals surface area contributed by atoms with Crippen LogP contribution in [-0.2, 0) is 16.0 Å². The van der Waals surface area contributed by atoms with Gasteiger partial charge < -0.3 is 36.2 Å². The molecule has 0 fully saturated rings. The minimum Gasteiger partial charge on any atom is -0.506 e. The number of phenols is 1. The van der Waals surface area contributed by atoms with E-state index in [2.05, 4.69) is 12.2 Å². The Bertz CT molecular complexity index is 866. The van der Waals surface area contributed by atoms with E-state index in [0.29, 0.717) is 24.3 Å². The van der Waals surface area contributed by atoms with Crippen LogP contribution in [0.25, 0.3) is 0 Å². The van der Waals surface area contributed by atoms with Crippen molar-refractivity contribution in [2.24, 2.45) is 0 Å². The average molecular weight is 432 g/mol. The van der Waals surface area contributed by atoms with Gasteiger partial charge in [0.1, 0.15) is 11.5 Å². The second-order valence-electron chi connectivity index (χ2n) is 6.71. The molecule has 0 aromatic heterocycles. The van der Waals surface area contributed by atoms with Crippen molar-refractivity contribution in [3.8, 4) is 11.5 Å². The molecule has 2 aromatic carbocycles. The summed E-state index contributed by atoms with van der Waals surface area (Å²) >= 11 is 0. The highest BCUT2D eigenvalue weighted by Gasteiger charge is 2.11. The van der Waals surface area contributed by atoms with Crippen LogP contribution in [0.1, 0.15) is 24.2 Å². The first-order chi connectivity index (χ1) is 14.6. The molecule has 0 saturated heterocycles. The molecule has 0 aliphatic rings. The van der Waals surface area contributed by atoms with Crippen LogP contribution in [0.5, 0.6) is 11.5 Å². The maximum atomic E-state index is 10.2. The van der Waals surface area contributed by atoms with Crippen molar-refractivity contribution in [3.63, 3.8) is 0 Å². The number of anilines is 1. The van der Waals surface area contributed by atoms with Gasteiger partial charge in [0.05, 0.1) is 18.9 Å². The van der Waals surface area contributed by atoms with Crippen LogP contribution in [0.3, 0.4) is 0 Å². The molecule has 0 heterocycles. The Morgan fingerprint density at radius 1 is 1.10 bits per heavy atom. The number of methoxy groups -OCH3 is 1. The summed E-state index contributed by atoms with van der Waals surface area (Å²) in [5, 5.41) is 38.5. The number of aliphatic hydroxyl groups excluding tert-OH is 1. The number of hydrogen-bond acceptors (Lipinski definition) is 7. The van der Waals surface area contributed by atoms with Gasteiger partial charge in [-0.15, -0.1) is 0 Å². The number of carboxylic acid groups (broad SMARTS) is 2. The molecule has 0 radical (unpaired) electrons. The molecule has 9 nitrogen and oxygen atoms in total. The van der Waals surface area contributed by atoms with Crippen molar-refractivity contribution >= 4 is 17.6 Å². The van der Waals surface area contributed by atoms with Crippen molar-refractivity contribution in [1.29, 1.82) is 0 Å². The number of benzene rings is 2. The minimum atomic E-state index is -1.26. The molecule has 2 aromatic rings. The number of aliphatic carboxylic acids is 2. The number of nitrogen functional groups attached to an aromatic ring is 1. The van der Waals surface area contributed by atoms with Crippen LogP contribution in [0.15, 0.2) is 54.6 Å². The van der Waals surface area contributed by atoms with Gasteiger partial charge in [-0.1, -0.05) is 18.2 Å². The Morgan fingerprint density at radius 3 is 2.16 bits per heavy atom. The van der Waals surface area contributed by atoms with Gasteiger partial charge in [0.2, 0.25) is 0 Å². The Morgan fingerprint density at radius 2 is 1.68 bits per heavy atom. The largest absolute Gasteiger partial charge is 0.506 e. The van der Waals surface area contributed by atoms with Crippen LogP contribution >= 0.6 is 0 Å². The molecule has 7 N–H and O–H groups in total. The minimum absolute atomic E-state index is 0.0294. The van der Waals surface area contributed by atoms with Crippen LogP contribution in [0.2, 0.25) is 0 Å². The number of carboxylic acids is 2. The van der Waals surface area contributed by atoms with Crippen LogP contribution in [0, 0.1) is 0 Å². The van der Waals surface area contributed by atoms with E-state index in [1.54, 1.807) is 19.2 Å². The number of nitrogens with one attached hydrogen (secondary N) is 1. The molecule has 31 heavy (non-hydrogen) atoms. The van der Waals surface area contributed by atoms with Crippen molar-refractivity contribution < 1.29 is 34.8 Å². The number of phenolic OH excluding ortho intramolecular Hbond substituents is 1. The molecule has 0 aliphatic heterocycles. The molecule has 2 atom stereocenters. The smallest absolute Gasteiger partial charge is 0.328 e. The first kappa shape index (κ1) is 25.5. The van der Waals surface area contributed by atoms with Gasteiger partial charge in [-0.25, -0.2) is 9.59 Å². The fourth-order valence-electron chi connectivity index (χ4n) is 2.54. The summed E-state index contributed by atoms with van der Waals surface area (Å²) in [6.45, 7) is 2.49. The zero-order valence-electron chi connectivity index (χ0n) is 17.4. The molecule has 0 amide bonds. The molecule has 2 rings (SSSR count). The number of nitrogens with two attached hydrogens (primary N) is 1. The fourth-order valence-corrected chi connectivity index (χ4v) is 2.54. The molecule has 0 unspecified atom stereocenters. The van der Waals surface area contributed by atoms with Gasteiger partial charge in [-0.3, -0.25) is 0 Å². The third-order valence-corrected chi connectivity index (χ3v) is 4.17. The summed E-state index contributed by atoms with van der Waals surface area (Å²) in [5.74, 6) is -1.64. The molecular formula is C22H28N2O7. The summed E-state index contributed by atoms with van der Waals surface area (Å²) in [6.07, 6.45) is 1.30. The van der Waals surface area contributed by atoms with E-state index in [9.17, 15) is 19.8 Å². The number of aromatic hydroxyl groups is 1. The van der Waals surface area contributed by atoms with Crippen molar-refractivity contribution in [3.05, 3.63) is 65.7 Å². The van der Waals surface area contributed by atoms with Crippen LogP contribution in [0.4, 0.5) is 5.69 Å². The van der Waals surface area contributed by atoms with E-state index in [1.807, 2.05) is 24.3 Å². The Labute approximate surface area is 180 Å². The topological polar surface area (TPSA) is 162 Å². The van der Waals surface area contributed by atoms with Crippen LogP contribution < -0.4 is 15.8 Å². The van der Waals surface area contributed by atoms with E-state index in [0.717, 1.165) is 12.2 Å². The van der Waals surface area contributed by atoms with Gasteiger partial charge in [-0.2, -0.15) is 0 Å². The third kappa shape index (κ3) is 10.2. The number of carbonyl (C=O) groups is 2. The molecule has 0 aliphatic carbocycles. The second kappa shape index (κ2) is 12.9. The summed E-state index contributed by atoms with van der Waals surface area (Å²) in [6, 6.07) is 12.9.